The molecule has 0 unspecified atom stereocenters. The first-order valence-electron chi connectivity index (χ1n) is 13.0. The molecule has 1 aliphatic rings. The van der Waals surface area contributed by atoms with Gasteiger partial charge >= 0.3 is 5.97 Å². The van der Waals surface area contributed by atoms with Crippen LogP contribution in [0.15, 0.2) is 54.6 Å². The standard InChI is InChI=1S/C31H40O3/c1-4-5-8-13-25-14-9-10-15-30(25)28-17-16-27-23-29(19-18-26(27)22-28)33-20-11-6-7-12-21-34-31(32)24(2)3/h9-10,14-15,18-19,22-23H,2,4-8,11-13,16-17,20-21H2,1,3H3. The monoisotopic (exact) mass is 460 g/mol. The van der Waals surface area contributed by atoms with Crippen molar-refractivity contribution in [2.24, 2.45) is 0 Å². The second-order valence-electron chi connectivity index (χ2n) is 9.32. The van der Waals surface area contributed by atoms with Gasteiger partial charge in [-0.2, -0.15) is 0 Å². The fraction of sp³-hybridized carbons (Fsp3) is 0.452. The fourth-order valence-corrected chi connectivity index (χ4v) is 4.42. The van der Waals surface area contributed by atoms with Crippen LogP contribution in [0.25, 0.3) is 11.6 Å². The molecule has 0 saturated heterocycles. The molecule has 0 amide bonds. The van der Waals surface area contributed by atoms with Gasteiger partial charge in [0.25, 0.3) is 0 Å². The van der Waals surface area contributed by atoms with E-state index in [9.17, 15) is 4.79 Å². The molecule has 34 heavy (non-hydrogen) atoms. The van der Waals surface area contributed by atoms with Gasteiger partial charge in [0.1, 0.15) is 5.75 Å². The van der Waals surface area contributed by atoms with Gasteiger partial charge in [-0.3, -0.25) is 0 Å². The number of esters is 1. The summed E-state index contributed by atoms with van der Waals surface area (Å²) in [6, 6.07) is 15.5. The van der Waals surface area contributed by atoms with Crippen LogP contribution in [0.4, 0.5) is 0 Å². The maximum atomic E-state index is 11.3. The van der Waals surface area contributed by atoms with Crippen molar-refractivity contribution in [2.75, 3.05) is 13.2 Å². The third kappa shape index (κ3) is 7.90. The molecule has 0 atom stereocenters. The Kier molecular flexibility index (Phi) is 10.5. The fourth-order valence-electron chi connectivity index (χ4n) is 4.42. The van der Waals surface area contributed by atoms with E-state index in [4.69, 9.17) is 9.47 Å². The van der Waals surface area contributed by atoms with Crippen LogP contribution in [0.3, 0.4) is 0 Å². The highest BCUT2D eigenvalue weighted by atomic mass is 16.5. The van der Waals surface area contributed by atoms with Crippen molar-refractivity contribution in [3.63, 3.8) is 0 Å². The summed E-state index contributed by atoms with van der Waals surface area (Å²) < 4.78 is 11.1. The Balaban J connectivity index is 1.46. The zero-order valence-corrected chi connectivity index (χ0v) is 21.0. The molecule has 0 aromatic heterocycles. The molecule has 2 aromatic rings. The lowest BCUT2D eigenvalue weighted by Crippen LogP contribution is -2.06. The number of carbonyl (C=O) groups is 1. The topological polar surface area (TPSA) is 35.5 Å². The first kappa shape index (κ1) is 25.8. The van der Waals surface area contributed by atoms with Crippen LogP contribution in [0, 0.1) is 0 Å². The van der Waals surface area contributed by atoms with E-state index in [0.717, 1.165) is 50.9 Å². The van der Waals surface area contributed by atoms with Crippen molar-refractivity contribution in [1.29, 1.82) is 0 Å². The predicted molar refractivity (Wildman–Crippen MR) is 142 cm³/mol. The molecular weight excluding hydrogens is 420 g/mol. The van der Waals surface area contributed by atoms with E-state index >= 15 is 0 Å². The Morgan fingerprint density at radius 1 is 0.941 bits per heavy atom. The SMILES string of the molecule is C=C(C)C(=O)OCCCCCCOc1ccc2c(c1)CCC(c1ccccc1CCCCC)=C2. The quantitative estimate of drug-likeness (QED) is 0.163. The van der Waals surface area contributed by atoms with Crippen LogP contribution in [-0.4, -0.2) is 19.2 Å². The van der Waals surface area contributed by atoms with Crippen molar-refractivity contribution >= 4 is 17.6 Å². The van der Waals surface area contributed by atoms with E-state index in [1.54, 1.807) is 6.92 Å². The van der Waals surface area contributed by atoms with E-state index in [1.165, 1.54) is 53.5 Å². The summed E-state index contributed by atoms with van der Waals surface area (Å²) in [6.07, 6.45) is 13.5. The number of carbonyl (C=O) groups excluding carboxylic acids is 1. The molecule has 1 aliphatic carbocycles. The summed E-state index contributed by atoms with van der Waals surface area (Å²) in [5.41, 5.74) is 7.53. The molecule has 0 saturated carbocycles. The maximum absolute atomic E-state index is 11.3. The van der Waals surface area contributed by atoms with Crippen LogP contribution in [0.1, 0.15) is 87.5 Å². The second kappa shape index (κ2) is 13.8. The number of hydrogen-bond acceptors (Lipinski definition) is 3. The largest absolute Gasteiger partial charge is 0.494 e. The van der Waals surface area contributed by atoms with Crippen LogP contribution < -0.4 is 4.74 Å². The van der Waals surface area contributed by atoms with E-state index in [1.807, 2.05) is 0 Å². The zero-order valence-electron chi connectivity index (χ0n) is 21.0. The first-order valence-corrected chi connectivity index (χ1v) is 13.0. The molecule has 0 bridgehead atoms. The van der Waals surface area contributed by atoms with Gasteiger partial charge in [-0.25, -0.2) is 4.79 Å². The highest BCUT2D eigenvalue weighted by molar-refractivity contribution is 5.87. The Morgan fingerprint density at radius 3 is 2.53 bits per heavy atom. The second-order valence-corrected chi connectivity index (χ2v) is 9.32. The molecule has 0 radical (unpaired) electrons. The van der Waals surface area contributed by atoms with Crippen molar-refractivity contribution < 1.29 is 14.3 Å². The number of rotatable bonds is 14. The maximum Gasteiger partial charge on any atom is 0.333 e. The number of benzene rings is 2. The van der Waals surface area contributed by atoms with Crippen molar-refractivity contribution in [2.45, 2.75) is 78.1 Å². The molecule has 3 heteroatoms. The third-order valence-electron chi connectivity index (χ3n) is 6.41. The molecule has 0 N–H and O–H groups in total. The summed E-state index contributed by atoms with van der Waals surface area (Å²) in [5.74, 6) is 0.667. The van der Waals surface area contributed by atoms with Gasteiger partial charge in [-0.05, 0) is 98.2 Å². The first-order chi connectivity index (χ1) is 16.6. The number of fused-ring (bicyclic) bond motifs is 1. The molecule has 3 rings (SSSR count). The van der Waals surface area contributed by atoms with Gasteiger partial charge in [0.15, 0.2) is 0 Å². The van der Waals surface area contributed by atoms with Crippen molar-refractivity contribution in [3.8, 4) is 5.75 Å². The summed E-state index contributed by atoms with van der Waals surface area (Å²) >= 11 is 0. The summed E-state index contributed by atoms with van der Waals surface area (Å²) in [6.45, 7) is 8.71. The van der Waals surface area contributed by atoms with Crippen LogP contribution in [0.2, 0.25) is 0 Å². The lowest BCUT2D eigenvalue weighted by molar-refractivity contribution is -0.139. The number of allylic oxidation sites excluding steroid dienone is 1. The van der Waals surface area contributed by atoms with Gasteiger partial charge < -0.3 is 9.47 Å². The normalized spacial score (nSPS) is 12.6. The summed E-state index contributed by atoms with van der Waals surface area (Å²) in [4.78, 5) is 11.3. The van der Waals surface area contributed by atoms with E-state index in [0.29, 0.717) is 12.2 Å². The lowest BCUT2D eigenvalue weighted by atomic mass is 9.86. The average molecular weight is 461 g/mol. The molecule has 0 spiro atoms. The molecule has 0 fully saturated rings. The molecular formula is C31H40O3. The van der Waals surface area contributed by atoms with Gasteiger partial charge in [0.05, 0.1) is 13.2 Å². The molecule has 0 heterocycles. The summed E-state index contributed by atoms with van der Waals surface area (Å²) in [7, 11) is 0. The van der Waals surface area contributed by atoms with E-state index in [2.05, 4.69) is 62.0 Å². The lowest BCUT2D eigenvalue weighted by Gasteiger charge is -2.20. The Morgan fingerprint density at radius 2 is 1.74 bits per heavy atom. The molecule has 0 aliphatic heterocycles. The van der Waals surface area contributed by atoms with E-state index < -0.39 is 0 Å². The number of aryl methyl sites for hydroxylation is 2. The van der Waals surface area contributed by atoms with Gasteiger partial charge in [0, 0.05) is 5.57 Å². The Labute approximate surface area is 205 Å². The number of hydrogen-bond donors (Lipinski definition) is 0. The summed E-state index contributed by atoms with van der Waals surface area (Å²) in [5, 5.41) is 0. The average Bonchev–Trinajstić information content (AvgIpc) is 2.85. The minimum Gasteiger partial charge on any atom is -0.494 e. The van der Waals surface area contributed by atoms with Gasteiger partial charge in [0.2, 0.25) is 0 Å². The van der Waals surface area contributed by atoms with Gasteiger partial charge in [-0.1, -0.05) is 62.8 Å². The highest BCUT2D eigenvalue weighted by Crippen LogP contribution is 2.34. The molecule has 2 aromatic carbocycles. The van der Waals surface area contributed by atoms with Crippen LogP contribution in [-0.2, 0) is 22.4 Å². The molecule has 182 valence electrons. The Hall–Kier alpha value is -2.81. The molecule has 3 nitrogen and oxygen atoms in total. The van der Waals surface area contributed by atoms with E-state index in [-0.39, 0.29) is 5.97 Å². The van der Waals surface area contributed by atoms with Crippen molar-refractivity contribution in [3.05, 3.63) is 76.9 Å². The van der Waals surface area contributed by atoms with Crippen LogP contribution >= 0.6 is 0 Å². The predicted octanol–water partition coefficient (Wildman–Crippen LogP) is 7.96. The highest BCUT2D eigenvalue weighted by Gasteiger charge is 2.15. The minimum atomic E-state index is -0.297. The third-order valence-corrected chi connectivity index (χ3v) is 6.41. The van der Waals surface area contributed by atoms with Crippen molar-refractivity contribution in [1.82, 2.24) is 0 Å². The Bertz CT molecular complexity index is 986. The van der Waals surface area contributed by atoms with Crippen LogP contribution in [0.5, 0.6) is 5.75 Å². The smallest absolute Gasteiger partial charge is 0.333 e. The minimum absolute atomic E-state index is 0.297. The number of ether oxygens (including phenoxy) is 2. The number of unbranched alkanes of at least 4 members (excludes halogenated alkanes) is 5. The zero-order chi connectivity index (χ0) is 24.2. The van der Waals surface area contributed by atoms with Gasteiger partial charge in [-0.15, -0.1) is 0 Å².